The van der Waals surface area contributed by atoms with Crippen molar-refractivity contribution >= 4 is 0 Å². The average molecular weight is 282 g/mol. The minimum absolute atomic E-state index is 0.0446. The second-order valence-electron chi connectivity index (χ2n) is 4.41. The van der Waals surface area contributed by atoms with E-state index in [2.05, 4.69) is 9.97 Å². The molecule has 1 aromatic heterocycles. The zero-order chi connectivity index (χ0) is 14.8. The SMILES string of the molecule is Cc1nc(C(C)(F)F)nc(OCc2ccccc2)c1F. The van der Waals surface area contributed by atoms with Gasteiger partial charge in [0.2, 0.25) is 11.6 Å². The zero-order valence-electron chi connectivity index (χ0n) is 11.0. The van der Waals surface area contributed by atoms with E-state index in [-0.39, 0.29) is 12.3 Å². The third kappa shape index (κ3) is 3.26. The van der Waals surface area contributed by atoms with E-state index in [1.165, 1.54) is 6.92 Å². The van der Waals surface area contributed by atoms with Gasteiger partial charge < -0.3 is 4.74 Å². The highest BCUT2D eigenvalue weighted by Gasteiger charge is 2.30. The molecule has 0 N–H and O–H groups in total. The van der Waals surface area contributed by atoms with E-state index in [1.807, 2.05) is 6.07 Å². The maximum Gasteiger partial charge on any atom is 0.303 e. The minimum Gasteiger partial charge on any atom is -0.471 e. The van der Waals surface area contributed by atoms with Crippen LogP contribution in [0.1, 0.15) is 24.0 Å². The fourth-order valence-electron chi connectivity index (χ4n) is 1.55. The van der Waals surface area contributed by atoms with Gasteiger partial charge in [0.05, 0.1) is 5.69 Å². The number of aromatic nitrogens is 2. The highest BCUT2D eigenvalue weighted by Crippen LogP contribution is 2.27. The molecule has 0 amide bonds. The molecule has 0 saturated carbocycles. The summed E-state index contributed by atoms with van der Waals surface area (Å²) in [6, 6.07) is 8.98. The van der Waals surface area contributed by atoms with Crippen molar-refractivity contribution in [2.45, 2.75) is 26.4 Å². The smallest absolute Gasteiger partial charge is 0.303 e. The summed E-state index contributed by atoms with van der Waals surface area (Å²) >= 11 is 0. The molecule has 0 aliphatic heterocycles. The lowest BCUT2D eigenvalue weighted by Gasteiger charge is -2.13. The van der Waals surface area contributed by atoms with Crippen molar-refractivity contribution in [2.75, 3.05) is 0 Å². The molecule has 106 valence electrons. The van der Waals surface area contributed by atoms with Crippen molar-refractivity contribution in [1.82, 2.24) is 9.97 Å². The Balaban J connectivity index is 2.25. The van der Waals surface area contributed by atoms with E-state index in [0.717, 1.165) is 5.56 Å². The number of hydrogen-bond acceptors (Lipinski definition) is 3. The summed E-state index contributed by atoms with van der Waals surface area (Å²) in [7, 11) is 0. The molecule has 0 aliphatic carbocycles. The Morgan fingerprint density at radius 3 is 2.40 bits per heavy atom. The Kier molecular flexibility index (Phi) is 3.92. The summed E-state index contributed by atoms with van der Waals surface area (Å²) in [6.07, 6.45) is 0. The molecular formula is C14H13F3N2O. The van der Waals surface area contributed by atoms with Crippen LogP contribution >= 0.6 is 0 Å². The van der Waals surface area contributed by atoms with E-state index >= 15 is 0 Å². The number of aryl methyl sites for hydroxylation is 1. The van der Waals surface area contributed by atoms with Gasteiger partial charge in [-0.25, -0.2) is 4.98 Å². The first-order chi connectivity index (χ1) is 9.38. The topological polar surface area (TPSA) is 35.0 Å². The summed E-state index contributed by atoms with van der Waals surface area (Å²) in [4.78, 5) is 6.90. The maximum atomic E-state index is 13.8. The van der Waals surface area contributed by atoms with Gasteiger partial charge in [-0.2, -0.15) is 18.2 Å². The molecule has 1 aromatic carbocycles. The Labute approximate surface area is 114 Å². The first-order valence-corrected chi connectivity index (χ1v) is 5.97. The largest absolute Gasteiger partial charge is 0.471 e. The van der Waals surface area contributed by atoms with E-state index < -0.39 is 23.4 Å². The molecule has 0 atom stereocenters. The lowest BCUT2D eigenvalue weighted by Crippen LogP contribution is -2.16. The van der Waals surface area contributed by atoms with Gasteiger partial charge in [-0.05, 0) is 12.5 Å². The van der Waals surface area contributed by atoms with Gasteiger partial charge in [0, 0.05) is 6.92 Å². The molecule has 1 heterocycles. The van der Waals surface area contributed by atoms with Crippen molar-refractivity contribution in [3.8, 4) is 5.88 Å². The minimum atomic E-state index is -3.25. The number of nitrogens with zero attached hydrogens (tertiary/aromatic N) is 2. The fourth-order valence-corrected chi connectivity index (χ4v) is 1.55. The predicted molar refractivity (Wildman–Crippen MR) is 67.1 cm³/mol. The summed E-state index contributed by atoms with van der Waals surface area (Å²) in [5, 5.41) is 0. The Morgan fingerprint density at radius 1 is 1.15 bits per heavy atom. The zero-order valence-corrected chi connectivity index (χ0v) is 11.0. The van der Waals surface area contributed by atoms with Gasteiger partial charge in [-0.1, -0.05) is 30.3 Å². The maximum absolute atomic E-state index is 13.8. The number of alkyl halides is 2. The van der Waals surface area contributed by atoms with Crippen LogP contribution in [0.5, 0.6) is 5.88 Å². The highest BCUT2D eigenvalue weighted by molar-refractivity contribution is 5.21. The summed E-state index contributed by atoms with van der Waals surface area (Å²) in [6.45, 7) is 1.99. The third-order valence-electron chi connectivity index (χ3n) is 2.60. The number of rotatable bonds is 4. The monoisotopic (exact) mass is 282 g/mol. The van der Waals surface area contributed by atoms with Gasteiger partial charge in [0.15, 0.2) is 0 Å². The third-order valence-corrected chi connectivity index (χ3v) is 2.60. The molecule has 20 heavy (non-hydrogen) atoms. The standard InChI is InChI=1S/C14H13F3N2O/c1-9-11(15)12(19-13(18-9)14(2,16)17)20-8-10-6-4-3-5-7-10/h3-7H,8H2,1-2H3. The number of hydrogen-bond donors (Lipinski definition) is 0. The molecule has 0 aliphatic rings. The lowest BCUT2D eigenvalue weighted by molar-refractivity contribution is 0.00638. The molecule has 2 rings (SSSR count). The molecule has 6 heteroatoms. The van der Waals surface area contributed by atoms with Crippen molar-refractivity contribution in [3.05, 3.63) is 53.2 Å². The van der Waals surface area contributed by atoms with Crippen LogP contribution < -0.4 is 4.74 Å². The number of benzene rings is 1. The van der Waals surface area contributed by atoms with Gasteiger partial charge in [0.25, 0.3) is 5.88 Å². The molecule has 2 aromatic rings. The van der Waals surface area contributed by atoms with Gasteiger partial charge in [-0.15, -0.1) is 0 Å². The Morgan fingerprint density at radius 2 is 1.80 bits per heavy atom. The van der Waals surface area contributed by atoms with Crippen molar-refractivity contribution < 1.29 is 17.9 Å². The van der Waals surface area contributed by atoms with Crippen LogP contribution in [-0.4, -0.2) is 9.97 Å². The summed E-state index contributed by atoms with van der Waals surface area (Å²) in [5.74, 6) is -5.28. The Bertz CT molecular complexity index is 597. The second-order valence-corrected chi connectivity index (χ2v) is 4.41. The number of halogens is 3. The second kappa shape index (κ2) is 5.48. The van der Waals surface area contributed by atoms with Crippen LogP contribution in [0.15, 0.2) is 30.3 Å². The predicted octanol–water partition coefficient (Wildman–Crippen LogP) is 3.61. The molecule has 0 bridgehead atoms. The summed E-state index contributed by atoms with van der Waals surface area (Å²) in [5.41, 5.74) is 0.618. The fraction of sp³-hybridized carbons (Fsp3) is 0.286. The summed E-state index contributed by atoms with van der Waals surface area (Å²) < 4.78 is 45.4. The molecule has 0 spiro atoms. The normalized spacial score (nSPS) is 11.4. The average Bonchev–Trinajstić information content (AvgIpc) is 2.40. The molecule has 0 fully saturated rings. The van der Waals surface area contributed by atoms with Crippen LogP contribution in [0, 0.1) is 12.7 Å². The van der Waals surface area contributed by atoms with Crippen molar-refractivity contribution in [2.24, 2.45) is 0 Å². The highest BCUT2D eigenvalue weighted by atomic mass is 19.3. The quantitative estimate of drug-likeness (QED) is 0.859. The van der Waals surface area contributed by atoms with Crippen LogP contribution in [-0.2, 0) is 12.5 Å². The van der Waals surface area contributed by atoms with Gasteiger partial charge >= 0.3 is 5.92 Å². The molecule has 0 unspecified atom stereocenters. The van der Waals surface area contributed by atoms with Crippen LogP contribution in [0.3, 0.4) is 0 Å². The van der Waals surface area contributed by atoms with E-state index in [9.17, 15) is 13.2 Å². The number of ether oxygens (including phenoxy) is 1. The molecule has 0 saturated heterocycles. The van der Waals surface area contributed by atoms with E-state index in [1.54, 1.807) is 24.3 Å². The first-order valence-electron chi connectivity index (χ1n) is 5.97. The molecular weight excluding hydrogens is 269 g/mol. The first kappa shape index (κ1) is 14.3. The Hall–Kier alpha value is -2.11. The van der Waals surface area contributed by atoms with Crippen molar-refractivity contribution in [3.63, 3.8) is 0 Å². The van der Waals surface area contributed by atoms with Crippen LogP contribution in [0.25, 0.3) is 0 Å². The lowest BCUT2D eigenvalue weighted by atomic mass is 10.2. The van der Waals surface area contributed by atoms with Crippen LogP contribution in [0.2, 0.25) is 0 Å². The van der Waals surface area contributed by atoms with E-state index in [0.29, 0.717) is 6.92 Å². The molecule has 0 radical (unpaired) electrons. The van der Waals surface area contributed by atoms with Gasteiger partial charge in [-0.3, -0.25) is 0 Å². The van der Waals surface area contributed by atoms with Crippen molar-refractivity contribution in [1.29, 1.82) is 0 Å². The van der Waals surface area contributed by atoms with Crippen LogP contribution in [0.4, 0.5) is 13.2 Å². The molecule has 3 nitrogen and oxygen atoms in total. The van der Waals surface area contributed by atoms with Gasteiger partial charge in [0.1, 0.15) is 6.61 Å². The van der Waals surface area contributed by atoms with E-state index in [4.69, 9.17) is 4.74 Å².